The van der Waals surface area contributed by atoms with Crippen LogP contribution in [0.25, 0.3) is 10.9 Å². The Morgan fingerprint density at radius 2 is 1.92 bits per heavy atom. The Labute approximate surface area is 150 Å². The number of hydrogen-bond acceptors (Lipinski definition) is 1. The van der Waals surface area contributed by atoms with E-state index in [1.807, 2.05) is 24.4 Å². The SMILES string of the molecule is O=C(NCCc1c[nH]c2ccc(Br)cc12)c1ccccc1C(F)(F)F. The molecule has 0 unspecified atom stereocenters. The van der Waals surface area contributed by atoms with Crippen molar-refractivity contribution in [3.05, 3.63) is 69.8 Å². The van der Waals surface area contributed by atoms with Gasteiger partial charge in [-0.3, -0.25) is 4.79 Å². The molecule has 3 aromatic rings. The lowest BCUT2D eigenvalue weighted by atomic mass is 10.1. The van der Waals surface area contributed by atoms with Crippen molar-refractivity contribution in [2.75, 3.05) is 6.54 Å². The van der Waals surface area contributed by atoms with Gasteiger partial charge in [0.25, 0.3) is 5.91 Å². The number of halogens is 4. The Bertz CT molecular complexity index is 918. The van der Waals surface area contributed by atoms with Crippen LogP contribution >= 0.6 is 15.9 Å². The highest BCUT2D eigenvalue weighted by atomic mass is 79.9. The maximum atomic E-state index is 13.0. The first-order valence-corrected chi connectivity index (χ1v) is 8.35. The van der Waals surface area contributed by atoms with E-state index >= 15 is 0 Å². The number of aromatic amines is 1. The highest BCUT2D eigenvalue weighted by molar-refractivity contribution is 9.10. The van der Waals surface area contributed by atoms with E-state index in [1.165, 1.54) is 18.2 Å². The van der Waals surface area contributed by atoms with Gasteiger partial charge in [-0.1, -0.05) is 28.1 Å². The molecule has 3 nitrogen and oxygen atoms in total. The van der Waals surface area contributed by atoms with Gasteiger partial charge in [-0.05, 0) is 42.3 Å². The number of benzene rings is 2. The maximum Gasteiger partial charge on any atom is 0.417 e. The minimum Gasteiger partial charge on any atom is -0.361 e. The number of H-pyrrole nitrogens is 1. The summed E-state index contributed by atoms with van der Waals surface area (Å²) in [5, 5.41) is 3.58. The van der Waals surface area contributed by atoms with E-state index in [0.717, 1.165) is 27.0 Å². The number of alkyl halides is 3. The molecule has 0 saturated heterocycles. The van der Waals surface area contributed by atoms with Gasteiger partial charge in [-0.25, -0.2) is 0 Å². The summed E-state index contributed by atoms with van der Waals surface area (Å²) >= 11 is 3.41. The first-order valence-electron chi connectivity index (χ1n) is 7.56. The zero-order valence-corrected chi connectivity index (χ0v) is 14.5. The lowest BCUT2D eigenvalue weighted by Gasteiger charge is -2.12. The third-order valence-corrected chi connectivity index (χ3v) is 4.38. The van der Waals surface area contributed by atoms with E-state index in [1.54, 1.807) is 0 Å². The van der Waals surface area contributed by atoms with Gasteiger partial charge in [0.15, 0.2) is 0 Å². The van der Waals surface area contributed by atoms with Crippen LogP contribution in [0.2, 0.25) is 0 Å². The summed E-state index contributed by atoms with van der Waals surface area (Å²) < 4.78 is 39.9. The van der Waals surface area contributed by atoms with Crippen molar-refractivity contribution < 1.29 is 18.0 Å². The molecule has 0 aliphatic heterocycles. The Hall–Kier alpha value is -2.28. The summed E-state index contributed by atoms with van der Waals surface area (Å²) in [6, 6.07) is 10.6. The summed E-state index contributed by atoms with van der Waals surface area (Å²) in [6.45, 7) is 0.241. The molecule has 0 spiro atoms. The van der Waals surface area contributed by atoms with Gasteiger partial charge in [0.05, 0.1) is 11.1 Å². The second-order valence-electron chi connectivity index (χ2n) is 5.55. The normalized spacial score (nSPS) is 11.7. The van der Waals surface area contributed by atoms with Gasteiger partial charge in [0.1, 0.15) is 0 Å². The molecule has 7 heteroatoms. The Morgan fingerprint density at radius 1 is 1.16 bits per heavy atom. The Balaban J connectivity index is 1.70. The van der Waals surface area contributed by atoms with E-state index < -0.39 is 17.6 Å². The van der Waals surface area contributed by atoms with Gasteiger partial charge in [-0.15, -0.1) is 0 Å². The molecular formula is C18H14BrF3N2O. The molecule has 3 rings (SSSR count). The van der Waals surface area contributed by atoms with Gasteiger partial charge in [-0.2, -0.15) is 13.2 Å². The molecule has 0 aliphatic carbocycles. The number of amides is 1. The van der Waals surface area contributed by atoms with Crippen LogP contribution in [0.4, 0.5) is 13.2 Å². The van der Waals surface area contributed by atoms with Crippen molar-refractivity contribution in [3.63, 3.8) is 0 Å². The minimum absolute atomic E-state index is 0.241. The first-order chi connectivity index (χ1) is 11.9. The molecule has 1 heterocycles. The van der Waals surface area contributed by atoms with Crippen LogP contribution in [0.1, 0.15) is 21.5 Å². The molecule has 2 N–H and O–H groups in total. The minimum atomic E-state index is -4.56. The highest BCUT2D eigenvalue weighted by Crippen LogP contribution is 2.31. The highest BCUT2D eigenvalue weighted by Gasteiger charge is 2.34. The number of rotatable bonds is 4. The molecular weight excluding hydrogens is 397 g/mol. The van der Waals surface area contributed by atoms with Crippen LogP contribution in [0.5, 0.6) is 0 Å². The number of aromatic nitrogens is 1. The van der Waals surface area contributed by atoms with E-state index in [-0.39, 0.29) is 12.1 Å². The summed E-state index contributed by atoms with van der Waals surface area (Å²) in [5.41, 5.74) is 0.660. The quantitative estimate of drug-likeness (QED) is 0.629. The van der Waals surface area contributed by atoms with Crippen molar-refractivity contribution in [3.8, 4) is 0 Å². The van der Waals surface area contributed by atoms with Gasteiger partial charge in [0, 0.05) is 28.1 Å². The summed E-state index contributed by atoms with van der Waals surface area (Å²) in [5.74, 6) is -0.728. The van der Waals surface area contributed by atoms with E-state index in [4.69, 9.17) is 0 Å². The summed E-state index contributed by atoms with van der Waals surface area (Å²) in [7, 11) is 0. The maximum absolute atomic E-state index is 13.0. The summed E-state index contributed by atoms with van der Waals surface area (Å²) in [4.78, 5) is 15.3. The lowest BCUT2D eigenvalue weighted by Crippen LogP contribution is -2.28. The fourth-order valence-corrected chi connectivity index (χ4v) is 3.05. The van der Waals surface area contributed by atoms with Crippen LogP contribution in [0.15, 0.2) is 53.1 Å². The van der Waals surface area contributed by atoms with Gasteiger partial charge >= 0.3 is 6.18 Å². The number of carbonyl (C=O) groups excluding carboxylic acids is 1. The zero-order valence-electron chi connectivity index (χ0n) is 13.0. The van der Waals surface area contributed by atoms with Gasteiger partial charge in [0.2, 0.25) is 0 Å². The topological polar surface area (TPSA) is 44.9 Å². The predicted octanol–water partition coefficient (Wildman–Crippen LogP) is 4.92. The van der Waals surface area contributed by atoms with Crippen molar-refractivity contribution in [2.45, 2.75) is 12.6 Å². The number of nitrogens with one attached hydrogen (secondary N) is 2. The second-order valence-corrected chi connectivity index (χ2v) is 6.47. The molecule has 2 aromatic carbocycles. The fourth-order valence-electron chi connectivity index (χ4n) is 2.69. The third-order valence-electron chi connectivity index (χ3n) is 3.89. The largest absolute Gasteiger partial charge is 0.417 e. The predicted molar refractivity (Wildman–Crippen MR) is 93.5 cm³/mol. The molecule has 0 aliphatic rings. The molecule has 25 heavy (non-hydrogen) atoms. The molecule has 1 amide bonds. The molecule has 0 atom stereocenters. The monoisotopic (exact) mass is 410 g/mol. The molecule has 0 saturated carbocycles. The first kappa shape index (κ1) is 17.5. The van der Waals surface area contributed by atoms with E-state index in [0.29, 0.717) is 6.42 Å². The van der Waals surface area contributed by atoms with Crippen molar-refractivity contribution in [1.82, 2.24) is 10.3 Å². The van der Waals surface area contributed by atoms with Crippen LogP contribution in [0, 0.1) is 0 Å². The standard InChI is InChI=1S/C18H14BrF3N2O/c19-12-5-6-16-14(9-12)11(10-24-16)7-8-23-17(25)13-3-1-2-4-15(13)18(20,21)22/h1-6,9-10,24H,7-8H2,(H,23,25). The van der Waals surface area contributed by atoms with Crippen LogP contribution in [-0.2, 0) is 12.6 Å². The molecule has 0 radical (unpaired) electrons. The summed E-state index contributed by atoms with van der Waals surface area (Å²) in [6.07, 6.45) is -2.21. The van der Waals surface area contributed by atoms with E-state index in [2.05, 4.69) is 26.2 Å². The van der Waals surface area contributed by atoms with Crippen molar-refractivity contribution >= 4 is 32.7 Å². The smallest absolute Gasteiger partial charge is 0.361 e. The van der Waals surface area contributed by atoms with Gasteiger partial charge < -0.3 is 10.3 Å². The molecule has 0 bridgehead atoms. The zero-order chi connectivity index (χ0) is 18.0. The Morgan fingerprint density at radius 3 is 2.68 bits per heavy atom. The molecule has 0 fully saturated rings. The van der Waals surface area contributed by atoms with Crippen LogP contribution < -0.4 is 5.32 Å². The van der Waals surface area contributed by atoms with Crippen molar-refractivity contribution in [2.24, 2.45) is 0 Å². The average Bonchev–Trinajstić information content (AvgIpc) is 2.96. The van der Waals surface area contributed by atoms with E-state index in [9.17, 15) is 18.0 Å². The second kappa shape index (κ2) is 6.92. The molecule has 130 valence electrons. The van der Waals surface area contributed by atoms with Crippen LogP contribution in [0.3, 0.4) is 0 Å². The lowest BCUT2D eigenvalue weighted by molar-refractivity contribution is -0.137. The molecule has 1 aromatic heterocycles. The third kappa shape index (κ3) is 3.87. The number of hydrogen-bond donors (Lipinski definition) is 2. The number of carbonyl (C=O) groups is 1. The number of fused-ring (bicyclic) bond motifs is 1. The van der Waals surface area contributed by atoms with Crippen LogP contribution in [-0.4, -0.2) is 17.4 Å². The fraction of sp³-hybridized carbons (Fsp3) is 0.167. The average molecular weight is 411 g/mol. The Kier molecular flexibility index (Phi) is 4.85. The van der Waals surface area contributed by atoms with Crippen molar-refractivity contribution in [1.29, 1.82) is 0 Å².